The van der Waals surface area contributed by atoms with Gasteiger partial charge in [-0.1, -0.05) is 24.3 Å². The molecule has 0 aliphatic carbocycles. The van der Waals surface area contributed by atoms with Gasteiger partial charge in [-0.2, -0.15) is 13.2 Å². The Morgan fingerprint density at radius 3 is 2.40 bits per heavy atom. The molecule has 1 unspecified atom stereocenters. The zero-order valence-electron chi connectivity index (χ0n) is 10.7. The molecule has 0 bridgehead atoms. The van der Waals surface area contributed by atoms with Gasteiger partial charge in [-0.25, -0.2) is 0 Å². The zero-order chi connectivity index (χ0) is 13.9. The lowest BCUT2D eigenvalue weighted by Crippen LogP contribution is -2.20. The standard InChI is InChI=1S/C14H16F3NO.ClH/c15-14(16,17)12-4-1-10(2-5-12)3-6-13(19)11-7-8-18-9-11;/h1-6,11,13,18-19H,7-9H2;1H/b6-3+;/t11-,13?;/m0./s1. The van der Waals surface area contributed by atoms with Gasteiger partial charge in [0.15, 0.2) is 0 Å². The summed E-state index contributed by atoms with van der Waals surface area (Å²) in [5.41, 5.74) is -0.0109. The Labute approximate surface area is 122 Å². The maximum Gasteiger partial charge on any atom is 0.416 e. The van der Waals surface area contributed by atoms with Crippen molar-refractivity contribution >= 4 is 18.5 Å². The molecule has 1 heterocycles. The van der Waals surface area contributed by atoms with Crippen molar-refractivity contribution < 1.29 is 18.3 Å². The van der Waals surface area contributed by atoms with Crippen LogP contribution in [0.15, 0.2) is 30.3 Å². The van der Waals surface area contributed by atoms with Crippen LogP contribution in [0.5, 0.6) is 0 Å². The molecular formula is C14H17ClF3NO. The van der Waals surface area contributed by atoms with E-state index in [2.05, 4.69) is 5.32 Å². The molecule has 1 aromatic rings. The Bertz CT molecular complexity index is 439. The number of alkyl halides is 3. The van der Waals surface area contributed by atoms with Crippen molar-refractivity contribution in [3.63, 3.8) is 0 Å². The Kier molecular flexibility index (Phi) is 6.05. The molecular weight excluding hydrogens is 291 g/mol. The highest BCUT2D eigenvalue weighted by atomic mass is 35.5. The summed E-state index contributed by atoms with van der Waals surface area (Å²) < 4.78 is 37.1. The van der Waals surface area contributed by atoms with Crippen molar-refractivity contribution in [2.24, 2.45) is 5.92 Å². The molecule has 0 aromatic heterocycles. The highest BCUT2D eigenvalue weighted by Crippen LogP contribution is 2.29. The maximum atomic E-state index is 12.4. The van der Waals surface area contributed by atoms with Crippen molar-refractivity contribution in [2.45, 2.75) is 18.7 Å². The maximum absolute atomic E-state index is 12.4. The summed E-state index contributed by atoms with van der Waals surface area (Å²) >= 11 is 0. The molecule has 2 nitrogen and oxygen atoms in total. The summed E-state index contributed by atoms with van der Waals surface area (Å²) in [5, 5.41) is 13.0. The molecule has 2 N–H and O–H groups in total. The Morgan fingerprint density at radius 1 is 1.25 bits per heavy atom. The summed E-state index contributed by atoms with van der Waals surface area (Å²) in [5.74, 6) is 0.186. The highest BCUT2D eigenvalue weighted by molar-refractivity contribution is 5.85. The third kappa shape index (κ3) is 4.51. The zero-order valence-corrected chi connectivity index (χ0v) is 11.5. The molecule has 0 radical (unpaired) electrons. The highest BCUT2D eigenvalue weighted by Gasteiger charge is 2.29. The molecule has 1 fully saturated rings. The minimum atomic E-state index is -4.31. The van der Waals surface area contributed by atoms with E-state index in [1.807, 2.05) is 0 Å². The normalized spacial score (nSPS) is 20.9. The molecule has 1 aliphatic heterocycles. The molecule has 0 saturated carbocycles. The van der Waals surface area contributed by atoms with E-state index in [4.69, 9.17) is 0 Å². The minimum absolute atomic E-state index is 0. The fourth-order valence-corrected chi connectivity index (χ4v) is 2.12. The molecule has 0 spiro atoms. The van der Waals surface area contributed by atoms with Gasteiger partial charge in [-0.05, 0) is 30.7 Å². The van der Waals surface area contributed by atoms with Crippen LogP contribution in [0, 0.1) is 5.92 Å². The molecule has 1 aliphatic rings. The van der Waals surface area contributed by atoms with Gasteiger partial charge < -0.3 is 10.4 Å². The van der Waals surface area contributed by atoms with E-state index in [1.54, 1.807) is 12.2 Å². The van der Waals surface area contributed by atoms with E-state index in [0.717, 1.165) is 31.6 Å². The number of hydrogen-bond donors (Lipinski definition) is 2. The van der Waals surface area contributed by atoms with E-state index in [-0.39, 0.29) is 18.3 Å². The van der Waals surface area contributed by atoms with E-state index in [0.29, 0.717) is 5.56 Å². The second-order valence-corrected chi connectivity index (χ2v) is 4.72. The van der Waals surface area contributed by atoms with E-state index in [1.165, 1.54) is 12.1 Å². The molecule has 112 valence electrons. The van der Waals surface area contributed by atoms with Crippen molar-refractivity contribution in [1.82, 2.24) is 5.32 Å². The number of hydrogen-bond acceptors (Lipinski definition) is 2. The average molecular weight is 308 g/mol. The number of nitrogens with one attached hydrogen (secondary N) is 1. The monoisotopic (exact) mass is 307 g/mol. The minimum Gasteiger partial charge on any atom is -0.389 e. The van der Waals surface area contributed by atoms with Crippen molar-refractivity contribution in [2.75, 3.05) is 13.1 Å². The van der Waals surface area contributed by atoms with Crippen LogP contribution in [-0.2, 0) is 6.18 Å². The third-order valence-corrected chi connectivity index (χ3v) is 3.31. The van der Waals surface area contributed by atoms with Crippen LogP contribution in [0.1, 0.15) is 17.5 Å². The van der Waals surface area contributed by atoms with Gasteiger partial charge in [0, 0.05) is 12.5 Å². The van der Waals surface area contributed by atoms with Gasteiger partial charge in [0.05, 0.1) is 11.7 Å². The first-order valence-electron chi connectivity index (χ1n) is 6.21. The first kappa shape index (κ1) is 17.0. The van der Waals surface area contributed by atoms with Gasteiger partial charge in [0.25, 0.3) is 0 Å². The Balaban J connectivity index is 0.00000200. The van der Waals surface area contributed by atoms with Crippen LogP contribution in [0.4, 0.5) is 13.2 Å². The van der Waals surface area contributed by atoms with Crippen LogP contribution in [0.3, 0.4) is 0 Å². The van der Waals surface area contributed by atoms with Crippen molar-refractivity contribution in [3.05, 3.63) is 41.5 Å². The quantitative estimate of drug-likeness (QED) is 0.899. The lowest BCUT2D eigenvalue weighted by molar-refractivity contribution is -0.137. The molecule has 0 amide bonds. The second-order valence-electron chi connectivity index (χ2n) is 4.72. The van der Waals surface area contributed by atoms with Crippen LogP contribution in [0.2, 0.25) is 0 Å². The summed E-state index contributed by atoms with van der Waals surface area (Å²) in [6.07, 6.45) is -0.656. The van der Waals surface area contributed by atoms with Crippen LogP contribution >= 0.6 is 12.4 Å². The van der Waals surface area contributed by atoms with Crippen LogP contribution in [0.25, 0.3) is 6.08 Å². The molecule has 2 atom stereocenters. The van der Waals surface area contributed by atoms with E-state index >= 15 is 0 Å². The van der Waals surface area contributed by atoms with E-state index < -0.39 is 17.8 Å². The Morgan fingerprint density at radius 2 is 1.90 bits per heavy atom. The molecule has 6 heteroatoms. The fourth-order valence-electron chi connectivity index (χ4n) is 2.12. The number of halogens is 4. The molecule has 1 aromatic carbocycles. The predicted octanol–water partition coefficient (Wildman–Crippen LogP) is 3.11. The van der Waals surface area contributed by atoms with Gasteiger partial charge in [-0.3, -0.25) is 0 Å². The number of aliphatic hydroxyl groups excluding tert-OH is 1. The topological polar surface area (TPSA) is 32.3 Å². The number of aliphatic hydroxyl groups is 1. The first-order valence-corrected chi connectivity index (χ1v) is 6.21. The van der Waals surface area contributed by atoms with Crippen LogP contribution < -0.4 is 5.32 Å². The fraction of sp³-hybridized carbons (Fsp3) is 0.429. The largest absolute Gasteiger partial charge is 0.416 e. The first-order chi connectivity index (χ1) is 8.97. The summed E-state index contributed by atoms with van der Waals surface area (Å²) in [6.45, 7) is 1.67. The Hall–Kier alpha value is -1.04. The van der Waals surface area contributed by atoms with Crippen molar-refractivity contribution in [3.8, 4) is 0 Å². The SMILES string of the molecule is Cl.OC(/C=C/c1ccc(C(F)(F)F)cc1)[C@H]1CCNC1. The van der Waals surface area contributed by atoms with E-state index in [9.17, 15) is 18.3 Å². The lowest BCUT2D eigenvalue weighted by atomic mass is 10.0. The van der Waals surface area contributed by atoms with Crippen LogP contribution in [-0.4, -0.2) is 24.3 Å². The van der Waals surface area contributed by atoms with Crippen molar-refractivity contribution in [1.29, 1.82) is 0 Å². The second kappa shape index (κ2) is 7.11. The van der Waals surface area contributed by atoms with Gasteiger partial charge >= 0.3 is 6.18 Å². The van der Waals surface area contributed by atoms with Gasteiger partial charge in [0.2, 0.25) is 0 Å². The molecule has 2 rings (SSSR count). The summed E-state index contributed by atoms with van der Waals surface area (Å²) in [4.78, 5) is 0. The number of benzene rings is 1. The molecule has 1 saturated heterocycles. The predicted molar refractivity (Wildman–Crippen MR) is 74.7 cm³/mol. The lowest BCUT2D eigenvalue weighted by Gasteiger charge is -2.12. The summed E-state index contributed by atoms with van der Waals surface area (Å²) in [6, 6.07) is 4.89. The molecule has 20 heavy (non-hydrogen) atoms. The van der Waals surface area contributed by atoms with Gasteiger partial charge in [-0.15, -0.1) is 12.4 Å². The van der Waals surface area contributed by atoms with Gasteiger partial charge in [0.1, 0.15) is 0 Å². The smallest absolute Gasteiger partial charge is 0.389 e. The summed E-state index contributed by atoms with van der Waals surface area (Å²) in [7, 11) is 0. The number of rotatable bonds is 3. The average Bonchev–Trinajstić information content (AvgIpc) is 2.89. The third-order valence-electron chi connectivity index (χ3n) is 3.31.